The van der Waals surface area contributed by atoms with Gasteiger partial charge in [0.2, 0.25) is 11.8 Å². The van der Waals surface area contributed by atoms with E-state index in [1.165, 1.54) is 11.0 Å². The van der Waals surface area contributed by atoms with Gasteiger partial charge >= 0.3 is 0 Å². The molecule has 0 bridgehead atoms. The molecule has 1 atom stereocenters. The highest BCUT2D eigenvalue weighted by atomic mass is 16.3. The number of phenols is 1. The van der Waals surface area contributed by atoms with Gasteiger partial charge in [-0.3, -0.25) is 9.59 Å². The topological polar surface area (TPSA) is 83.6 Å². The molecule has 1 saturated heterocycles. The highest BCUT2D eigenvalue weighted by Gasteiger charge is 2.34. The monoisotopic (exact) mass is 234 g/mol. The van der Waals surface area contributed by atoms with E-state index in [1.807, 2.05) is 6.92 Å². The third-order valence-corrected chi connectivity index (χ3v) is 2.89. The van der Waals surface area contributed by atoms with Crippen molar-refractivity contribution in [3.8, 4) is 5.75 Å². The Morgan fingerprint density at radius 1 is 1.47 bits per heavy atom. The van der Waals surface area contributed by atoms with Gasteiger partial charge in [0.05, 0.1) is 5.92 Å². The second kappa shape index (κ2) is 4.08. The molecule has 5 heteroatoms. The van der Waals surface area contributed by atoms with Crippen molar-refractivity contribution in [3.05, 3.63) is 23.8 Å². The first-order chi connectivity index (χ1) is 7.97. The zero-order valence-electron chi connectivity index (χ0n) is 9.51. The van der Waals surface area contributed by atoms with E-state index in [4.69, 9.17) is 5.73 Å². The van der Waals surface area contributed by atoms with Crippen LogP contribution in [0.3, 0.4) is 0 Å². The average Bonchev–Trinajstić information content (AvgIpc) is 2.59. The van der Waals surface area contributed by atoms with E-state index in [0.717, 1.165) is 5.56 Å². The minimum Gasteiger partial charge on any atom is -0.508 e. The van der Waals surface area contributed by atoms with E-state index in [0.29, 0.717) is 5.69 Å². The molecule has 1 aliphatic rings. The fourth-order valence-electron chi connectivity index (χ4n) is 2.05. The van der Waals surface area contributed by atoms with Gasteiger partial charge in [-0.15, -0.1) is 0 Å². The Balaban J connectivity index is 2.28. The normalized spacial score (nSPS) is 19.7. The molecule has 2 rings (SSSR count). The number of primary amides is 1. The Hall–Kier alpha value is -2.04. The Morgan fingerprint density at radius 2 is 2.18 bits per heavy atom. The summed E-state index contributed by atoms with van der Waals surface area (Å²) in [6, 6.07) is 4.91. The molecule has 1 fully saturated rings. The maximum Gasteiger partial charge on any atom is 0.227 e. The van der Waals surface area contributed by atoms with Crippen LogP contribution >= 0.6 is 0 Å². The van der Waals surface area contributed by atoms with Crippen molar-refractivity contribution < 1.29 is 14.7 Å². The standard InChI is InChI=1S/C12H14N2O3/c1-7-2-9(5-10(15)3-7)14-6-8(12(13)17)4-11(14)16/h2-3,5,8,15H,4,6H2,1H3,(H2,13,17). The van der Waals surface area contributed by atoms with Crippen molar-refractivity contribution in [3.63, 3.8) is 0 Å². The Morgan fingerprint density at radius 3 is 2.71 bits per heavy atom. The number of nitrogens with zero attached hydrogens (tertiary/aromatic N) is 1. The Labute approximate surface area is 98.8 Å². The van der Waals surface area contributed by atoms with Crippen molar-refractivity contribution in [2.75, 3.05) is 11.4 Å². The van der Waals surface area contributed by atoms with E-state index < -0.39 is 11.8 Å². The van der Waals surface area contributed by atoms with Gasteiger partial charge in [0, 0.05) is 24.7 Å². The lowest BCUT2D eigenvalue weighted by Gasteiger charge is -2.17. The molecule has 1 aliphatic heterocycles. The van der Waals surface area contributed by atoms with Crippen LogP contribution in [0.2, 0.25) is 0 Å². The number of carbonyl (C=O) groups excluding carboxylic acids is 2. The summed E-state index contributed by atoms with van der Waals surface area (Å²) in [4.78, 5) is 24.3. The molecule has 0 aliphatic carbocycles. The minimum atomic E-state index is -0.460. The molecular formula is C12H14N2O3. The smallest absolute Gasteiger partial charge is 0.227 e. The Kier molecular flexibility index (Phi) is 2.75. The first-order valence-electron chi connectivity index (χ1n) is 5.37. The van der Waals surface area contributed by atoms with E-state index in [1.54, 1.807) is 12.1 Å². The van der Waals surface area contributed by atoms with Crippen LogP contribution in [-0.4, -0.2) is 23.5 Å². The lowest BCUT2D eigenvalue weighted by atomic mass is 10.1. The van der Waals surface area contributed by atoms with Crippen molar-refractivity contribution in [1.82, 2.24) is 0 Å². The van der Waals surface area contributed by atoms with Crippen LogP contribution in [0.25, 0.3) is 0 Å². The number of carbonyl (C=O) groups is 2. The van der Waals surface area contributed by atoms with Gasteiger partial charge in [-0.05, 0) is 24.6 Å². The molecule has 1 aromatic carbocycles. The molecule has 3 N–H and O–H groups in total. The van der Waals surface area contributed by atoms with E-state index in [-0.39, 0.29) is 24.6 Å². The molecule has 0 aromatic heterocycles. The number of benzene rings is 1. The number of anilines is 1. The summed E-state index contributed by atoms with van der Waals surface area (Å²) in [6.07, 6.45) is 0.143. The maximum atomic E-state index is 11.7. The zero-order chi connectivity index (χ0) is 12.6. The highest BCUT2D eigenvalue weighted by molar-refractivity contribution is 6.00. The van der Waals surface area contributed by atoms with Crippen molar-refractivity contribution in [2.45, 2.75) is 13.3 Å². The fourth-order valence-corrected chi connectivity index (χ4v) is 2.05. The summed E-state index contributed by atoms with van der Waals surface area (Å²) in [6.45, 7) is 2.12. The predicted octanol–water partition coefficient (Wildman–Crippen LogP) is 0.539. The summed E-state index contributed by atoms with van der Waals surface area (Å²) in [5.74, 6) is -0.933. The van der Waals surface area contributed by atoms with Crippen molar-refractivity contribution >= 4 is 17.5 Å². The molecule has 0 saturated carbocycles. The molecule has 2 amide bonds. The number of aryl methyl sites for hydroxylation is 1. The number of hydrogen-bond donors (Lipinski definition) is 2. The van der Waals surface area contributed by atoms with Crippen LogP contribution in [0.1, 0.15) is 12.0 Å². The zero-order valence-corrected chi connectivity index (χ0v) is 9.51. The SMILES string of the molecule is Cc1cc(O)cc(N2CC(C(N)=O)CC2=O)c1. The third kappa shape index (κ3) is 2.22. The van der Waals surface area contributed by atoms with Crippen LogP contribution in [-0.2, 0) is 9.59 Å². The van der Waals surface area contributed by atoms with E-state index >= 15 is 0 Å². The van der Waals surface area contributed by atoms with Gasteiger partial charge in [-0.25, -0.2) is 0 Å². The quantitative estimate of drug-likeness (QED) is 0.783. The van der Waals surface area contributed by atoms with Crippen LogP contribution in [0.15, 0.2) is 18.2 Å². The predicted molar refractivity (Wildman–Crippen MR) is 62.5 cm³/mol. The molecule has 1 aromatic rings. The Bertz CT molecular complexity index is 464. The number of hydrogen-bond acceptors (Lipinski definition) is 3. The van der Waals surface area contributed by atoms with Gasteiger partial charge < -0.3 is 15.7 Å². The highest BCUT2D eigenvalue weighted by Crippen LogP contribution is 2.28. The minimum absolute atomic E-state index is 0.107. The number of rotatable bonds is 2. The molecule has 90 valence electrons. The molecule has 1 heterocycles. The van der Waals surface area contributed by atoms with Crippen molar-refractivity contribution in [2.24, 2.45) is 11.7 Å². The van der Waals surface area contributed by atoms with Crippen molar-refractivity contribution in [1.29, 1.82) is 0 Å². The lowest BCUT2D eigenvalue weighted by Crippen LogP contribution is -2.28. The summed E-state index contributed by atoms with van der Waals surface area (Å²) >= 11 is 0. The van der Waals surface area contributed by atoms with E-state index in [2.05, 4.69) is 0 Å². The van der Waals surface area contributed by atoms with E-state index in [9.17, 15) is 14.7 Å². The van der Waals surface area contributed by atoms with Crippen LogP contribution in [0, 0.1) is 12.8 Å². The van der Waals surface area contributed by atoms with Crippen LogP contribution in [0.5, 0.6) is 5.75 Å². The van der Waals surface area contributed by atoms with Gasteiger partial charge in [0.1, 0.15) is 5.75 Å². The number of nitrogens with two attached hydrogens (primary N) is 1. The van der Waals surface area contributed by atoms with Gasteiger partial charge in [0.15, 0.2) is 0 Å². The molecular weight excluding hydrogens is 220 g/mol. The number of phenolic OH excluding ortho intramolecular Hbond substituents is 1. The molecule has 0 radical (unpaired) electrons. The van der Waals surface area contributed by atoms with Gasteiger partial charge in [0.25, 0.3) is 0 Å². The summed E-state index contributed by atoms with van der Waals surface area (Å²) in [7, 11) is 0. The third-order valence-electron chi connectivity index (χ3n) is 2.89. The summed E-state index contributed by atoms with van der Waals surface area (Å²) < 4.78 is 0. The number of aromatic hydroxyl groups is 1. The second-order valence-corrected chi connectivity index (χ2v) is 4.33. The summed E-state index contributed by atoms with van der Waals surface area (Å²) in [5.41, 5.74) is 6.66. The fraction of sp³-hybridized carbons (Fsp3) is 0.333. The molecule has 17 heavy (non-hydrogen) atoms. The molecule has 1 unspecified atom stereocenters. The number of amides is 2. The second-order valence-electron chi connectivity index (χ2n) is 4.33. The van der Waals surface area contributed by atoms with Gasteiger partial charge in [-0.1, -0.05) is 0 Å². The maximum absolute atomic E-state index is 11.7. The van der Waals surface area contributed by atoms with Crippen LogP contribution in [0.4, 0.5) is 5.69 Å². The van der Waals surface area contributed by atoms with Crippen LogP contribution < -0.4 is 10.6 Å². The summed E-state index contributed by atoms with van der Waals surface area (Å²) in [5, 5.41) is 9.49. The first kappa shape index (κ1) is 11.4. The average molecular weight is 234 g/mol. The largest absolute Gasteiger partial charge is 0.508 e. The molecule has 0 spiro atoms. The lowest BCUT2D eigenvalue weighted by molar-refractivity contribution is -0.123. The first-order valence-corrected chi connectivity index (χ1v) is 5.37. The molecule has 5 nitrogen and oxygen atoms in total. The van der Waals surface area contributed by atoms with Gasteiger partial charge in [-0.2, -0.15) is 0 Å².